The van der Waals surface area contributed by atoms with Crippen molar-refractivity contribution in [2.24, 2.45) is 23.5 Å². The number of hydrogen-bond donors (Lipinski definition) is 4. The summed E-state index contributed by atoms with van der Waals surface area (Å²) in [5.74, 6) is -3.85. The number of aliphatic hydroxyl groups is 1. The quantitative estimate of drug-likeness (QED) is 0.373. The third-order valence-corrected chi connectivity index (χ3v) is 7.85. The maximum Gasteiger partial charge on any atom is 0.255 e. The maximum absolute atomic E-state index is 13.7. The number of nitrogens with one attached hydrogen (secondary N) is 1. The van der Waals surface area contributed by atoms with Crippen LogP contribution in [0.4, 0.5) is 5.69 Å². The number of phenols is 1. The number of nitrogens with two attached hydrogens (primary N) is 1. The number of ketones is 2. The Morgan fingerprint density at radius 1 is 1.03 bits per heavy atom. The third kappa shape index (κ3) is 4.12. The summed E-state index contributed by atoms with van der Waals surface area (Å²) in [5, 5.41) is 24.3. The van der Waals surface area contributed by atoms with Crippen LogP contribution < -0.4 is 11.1 Å². The average Bonchev–Trinajstić information content (AvgIpc) is 2.81. The van der Waals surface area contributed by atoms with Crippen LogP contribution in [0.25, 0.3) is 0 Å². The molecule has 5 rings (SSSR count). The lowest BCUT2D eigenvalue weighted by atomic mass is 9.61. The Kier molecular flexibility index (Phi) is 5.98. The molecule has 0 bridgehead atoms. The highest BCUT2D eigenvalue weighted by molar-refractivity contribution is 6.20. The second kappa shape index (κ2) is 9.03. The van der Waals surface area contributed by atoms with E-state index in [1.807, 2.05) is 31.2 Å². The van der Waals surface area contributed by atoms with E-state index in [1.165, 1.54) is 6.07 Å². The third-order valence-electron chi connectivity index (χ3n) is 7.85. The Labute approximate surface area is 213 Å². The molecule has 0 fully saturated rings. The van der Waals surface area contributed by atoms with Crippen LogP contribution in [-0.2, 0) is 27.2 Å². The number of benzene rings is 2. The van der Waals surface area contributed by atoms with Crippen molar-refractivity contribution in [1.29, 1.82) is 0 Å². The number of fused-ring (bicyclic) bond motifs is 3. The normalized spacial score (nSPS) is 22.8. The van der Waals surface area contributed by atoms with Gasteiger partial charge < -0.3 is 21.3 Å². The Morgan fingerprint density at radius 2 is 1.73 bits per heavy atom. The summed E-state index contributed by atoms with van der Waals surface area (Å²) < 4.78 is 0. The van der Waals surface area contributed by atoms with Gasteiger partial charge in [0.05, 0.1) is 12.0 Å². The summed E-state index contributed by atoms with van der Waals surface area (Å²) in [6.45, 7) is 3.69. The largest absolute Gasteiger partial charge is 0.511 e. The van der Waals surface area contributed by atoms with Crippen molar-refractivity contribution in [3.05, 3.63) is 81.1 Å². The molecule has 3 atom stereocenters. The highest BCUT2D eigenvalue weighted by Gasteiger charge is 2.48. The van der Waals surface area contributed by atoms with E-state index >= 15 is 0 Å². The molecule has 0 aliphatic heterocycles. The van der Waals surface area contributed by atoms with E-state index in [0.717, 1.165) is 11.1 Å². The van der Waals surface area contributed by atoms with E-state index in [0.29, 0.717) is 35.2 Å². The second-order valence-corrected chi connectivity index (χ2v) is 10.2. The van der Waals surface area contributed by atoms with Crippen molar-refractivity contribution in [2.45, 2.75) is 39.5 Å². The predicted molar refractivity (Wildman–Crippen MR) is 136 cm³/mol. The Hall–Kier alpha value is -4.20. The first-order valence-corrected chi connectivity index (χ1v) is 12.3. The molecule has 8 nitrogen and oxygen atoms in total. The smallest absolute Gasteiger partial charge is 0.255 e. The zero-order valence-electron chi connectivity index (χ0n) is 20.6. The number of aromatic hydroxyl groups is 1. The molecular formula is C29H28N2O6. The molecule has 0 aromatic heterocycles. The van der Waals surface area contributed by atoms with Crippen LogP contribution in [0, 0.1) is 24.7 Å². The van der Waals surface area contributed by atoms with Gasteiger partial charge in [-0.25, -0.2) is 0 Å². The average molecular weight is 501 g/mol. The van der Waals surface area contributed by atoms with Gasteiger partial charge in [-0.1, -0.05) is 35.4 Å². The fourth-order valence-electron chi connectivity index (χ4n) is 6.23. The van der Waals surface area contributed by atoms with Crippen molar-refractivity contribution in [3.63, 3.8) is 0 Å². The molecule has 0 radical (unpaired) electrons. The van der Waals surface area contributed by atoms with Crippen molar-refractivity contribution in [1.82, 2.24) is 0 Å². The van der Waals surface area contributed by atoms with Gasteiger partial charge in [-0.15, -0.1) is 0 Å². The highest BCUT2D eigenvalue weighted by Crippen LogP contribution is 2.51. The number of Topliss-reactive ketones (excluding diaryl/α,β-unsaturated/α-hetero) is 2. The molecule has 0 saturated carbocycles. The van der Waals surface area contributed by atoms with Crippen LogP contribution in [0.3, 0.4) is 0 Å². The minimum Gasteiger partial charge on any atom is -0.511 e. The molecule has 3 aliphatic carbocycles. The lowest BCUT2D eigenvalue weighted by Gasteiger charge is -2.42. The monoisotopic (exact) mass is 500 g/mol. The number of allylic oxidation sites excluding steroid dienone is 2. The molecule has 2 aromatic carbocycles. The number of primary amides is 1. The van der Waals surface area contributed by atoms with Crippen LogP contribution in [0.1, 0.15) is 46.8 Å². The van der Waals surface area contributed by atoms with Gasteiger partial charge in [0.1, 0.15) is 17.1 Å². The summed E-state index contributed by atoms with van der Waals surface area (Å²) in [6.07, 6.45) is 1.04. The highest BCUT2D eigenvalue weighted by atomic mass is 16.3. The van der Waals surface area contributed by atoms with Crippen LogP contribution in [0.5, 0.6) is 5.75 Å². The van der Waals surface area contributed by atoms with E-state index < -0.39 is 23.2 Å². The predicted octanol–water partition coefficient (Wildman–Crippen LogP) is 3.46. The van der Waals surface area contributed by atoms with Crippen molar-refractivity contribution in [3.8, 4) is 5.75 Å². The van der Waals surface area contributed by atoms with E-state index in [4.69, 9.17) is 5.73 Å². The first kappa shape index (κ1) is 24.5. The van der Waals surface area contributed by atoms with Crippen LogP contribution >= 0.6 is 0 Å². The molecule has 3 unspecified atom stereocenters. The van der Waals surface area contributed by atoms with E-state index in [2.05, 4.69) is 5.32 Å². The van der Waals surface area contributed by atoms with Gasteiger partial charge in [0.2, 0.25) is 5.91 Å². The molecule has 0 heterocycles. The van der Waals surface area contributed by atoms with Crippen molar-refractivity contribution in [2.75, 3.05) is 5.32 Å². The number of aryl methyl sites for hydroxylation is 1. The summed E-state index contributed by atoms with van der Waals surface area (Å²) in [7, 11) is 0. The molecular weight excluding hydrogens is 472 g/mol. The minimum atomic E-state index is -0.982. The van der Waals surface area contributed by atoms with E-state index in [-0.39, 0.29) is 53.4 Å². The molecule has 3 aliphatic rings. The lowest BCUT2D eigenvalue weighted by molar-refractivity contribution is -0.123. The number of carbonyl (C=O) groups is 4. The van der Waals surface area contributed by atoms with Crippen LogP contribution in [0.2, 0.25) is 0 Å². The van der Waals surface area contributed by atoms with Gasteiger partial charge in [0.15, 0.2) is 11.6 Å². The van der Waals surface area contributed by atoms with Gasteiger partial charge in [-0.05, 0) is 61.8 Å². The van der Waals surface area contributed by atoms with Gasteiger partial charge in [0.25, 0.3) is 5.91 Å². The standard InChI is InChI=1S/C29H28N2O6/c1-13-3-5-15(6-4-13)9-22(34)31-19-7-8-20(32)25-18(19)11-16-10-17-12-21(33)26(29(30)37)28(36)24(17)14(2)23(16)27(25)35/h3-8,16-17,24,32,36H,9-12H2,1-2H3,(H2,30,37)(H,31,34). The Morgan fingerprint density at radius 3 is 2.41 bits per heavy atom. The number of aliphatic hydroxyl groups excluding tert-OH is 1. The number of anilines is 1. The summed E-state index contributed by atoms with van der Waals surface area (Å²) in [5.41, 5.74) is 9.10. The molecule has 2 aromatic rings. The zero-order valence-corrected chi connectivity index (χ0v) is 20.6. The van der Waals surface area contributed by atoms with Gasteiger partial charge in [0, 0.05) is 23.6 Å². The molecule has 2 amide bonds. The van der Waals surface area contributed by atoms with E-state index in [9.17, 15) is 29.4 Å². The number of hydrogen-bond acceptors (Lipinski definition) is 6. The fourth-order valence-corrected chi connectivity index (χ4v) is 6.23. The van der Waals surface area contributed by atoms with Crippen LogP contribution in [-0.4, -0.2) is 33.6 Å². The molecule has 190 valence electrons. The lowest BCUT2D eigenvalue weighted by Crippen LogP contribution is -2.41. The summed E-state index contributed by atoms with van der Waals surface area (Å²) >= 11 is 0. The zero-order chi connectivity index (χ0) is 26.6. The number of phenolic OH excluding ortho intramolecular Hbond substituents is 1. The maximum atomic E-state index is 13.7. The first-order chi connectivity index (χ1) is 17.6. The van der Waals surface area contributed by atoms with Crippen molar-refractivity contribution < 1.29 is 29.4 Å². The number of rotatable bonds is 4. The summed E-state index contributed by atoms with van der Waals surface area (Å²) in [4.78, 5) is 50.9. The topological polar surface area (TPSA) is 147 Å². The van der Waals surface area contributed by atoms with Gasteiger partial charge >= 0.3 is 0 Å². The Balaban J connectivity index is 1.50. The second-order valence-electron chi connectivity index (χ2n) is 10.2. The molecule has 37 heavy (non-hydrogen) atoms. The Bertz CT molecular complexity index is 1430. The molecule has 8 heteroatoms. The number of amides is 2. The van der Waals surface area contributed by atoms with Gasteiger partial charge in [-0.2, -0.15) is 0 Å². The first-order valence-electron chi connectivity index (χ1n) is 12.3. The van der Waals surface area contributed by atoms with Crippen molar-refractivity contribution >= 4 is 29.1 Å². The molecule has 0 spiro atoms. The van der Waals surface area contributed by atoms with Gasteiger partial charge in [-0.3, -0.25) is 19.2 Å². The molecule has 5 N–H and O–H groups in total. The summed E-state index contributed by atoms with van der Waals surface area (Å²) in [6, 6.07) is 10.6. The molecule has 0 saturated heterocycles. The fraction of sp³-hybridized carbons (Fsp3) is 0.310. The SMILES string of the molecule is CC1=C2C(=O)c3c(O)ccc(NC(=O)Cc4ccc(C)cc4)c3CC2CC2CC(=O)C(C(N)=O)=C(O)C12. The minimum absolute atomic E-state index is 0.0509. The van der Waals surface area contributed by atoms with Crippen LogP contribution in [0.15, 0.2) is 58.9 Å². The number of carbonyl (C=O) groups excluding carboxylic acids is 4. The van der Waals surface area contributed by atoms with E-state index in [1.54, 1.807) is 13.0 Å².